The molecule has 0 spiro atoms. The number of benzene rings is 1. The summed E-state index contributed by atoms with van der Waals surface area (Å²) in [5.41, 5.74) is 7.59. The molecule has 21 heavy (non-hydrogen) atoms. The van der Waals surface area contributed by atoms with Gasteiger partial charge in [-0.1, -0.05) is 19.3 Å². The highest BCUT2D eigenvalue weighted by Crippen LogP contribution is 2.38. The third kappa shape index (κ3) is 3.26. The average Bonchev–Trinajstić information content (AvgIpc) is 2.54. The van der Waals surface area contributed by atoms with Gasteiger partial charge in [-0.15, -0.1) is 0 Å². The van der Waals surface area contributed by atoms with Crippen molar-refractivity contribution >= 4 is 34.2 Å². The maximum absolute atomic E-state index is 5.81. The van der Waals surface area contributed by atoms with Gasteiger partial charge in [-0.3, -0.25) is 0 Å². The number of rotatable bonds is 4. The number of nitrogens with one attached hydrogen (secondary N) is 1. The van der Waals surface area contributed by atoms with Crippen molar-refractivity contribution in [1.29, 1.82) is 0 Å². The van der Waals surface area contributed by atoms with Gasteiger partial charge in [-0.25, -0.2) is 4.98 Å². The summed E-state index contributed by atoms with van der Waals surface area (Å²) >= 11 is 2.01. The Morgan fingerprint density at radius 2 is 2.00 bits per heavy atom. The van der Waals surface area contributed by atoms with Gasteiger partial charge in [0.15, 0.2) is 0 Å². The van der Waals surface area contributed by atoms with Gasteiger partial charge in [0.1, 0.15) is 5.82 Å². The number of pyridine rings is 1. The van der Waals surface area contributed by atoms with Gasteiger partial charge in [0.05, 0.1) is 5.52 Å². The average molecular weight is 301 g/mol. The highest BCUT2D eigenvalue weighted by molar-refractivity contribution is 8.00. The molecule has 0 radical (unpaired) electrons. The lowest BCUT2D eigenvalue weighted by Crippen LogP contribution is -2.35. The van der Waals surface area contributed by atoms with E-state index in [1.165, 1.54) is 32.1 Å². The normalized spacial score (nSPS) is 17.8. The smallest absolute Gasteiger partial charge is 0.126 e. The first-order valence-electron chi connectivity index (χ1n) is 7.66. The van der Waals surface area contributed by atoms with E-state index < -0.39 is 0 Å². The monoisotopic (exact) mass is 301 g/mol. The summed E-state index contributed by atoms with van der Waals surface area (Å²) in [5, 5.41) is 4.64. The fraction of sp³-hybridized carbons (Fsp3) is 0.471. The lowest BCUT2D eigenvalue weighted by Gasteiger charge is -2.36. The molecule has 0 atom stereocenters. The fourth-order valence-electron chi connectivity index (χ4n) is 3.14. The summed E-state index contributed by atoms with van der Waals surface area (Å²) in [6, 6.07) is 10.0. The van der Waals surface area contributed by atoms with Crippen LogP contribution >= 0.6 is 11.8 Å². The summed E-state index contributed by atoms with van der Waals surface area (Å²) in [6.45, 7) is 1.00. The van der Waals surface area contributed by atoms with Gasteiger partial charge in [0, 0.05) is 22.4 Å². The molecule has 1 saturated carbocycles. The van der Waals surface area contributed by atoms with E-state index in [-0.39, 0.29) is 0 Å². The molecule has 3 N–H and O–H groups in total. The first-order chi connectivity index (χ1) is 10.2. The van der Waals surface area contributed by atoms with Crippen LogP contribution in [0.3, 0.4) is 0 Å². The molecule has 0 aliphatic heterocycles. The molecular weight excluding hydrogens is 278 g/mol. The first-order valence-corrected chi connectivity index (χ1v) is 8.89. The predicted molar refractivity (Wildman–Crippen MR) is 94.0 cm³/mol. The maximum atomic E-state index is 5.81. The summed E-state index contributed by atoms with van der Waals surface area (Å²) in [5.74, 6) is 0.964. The molecule has 4 heteroatoms. The Kier molecular flexibility index (Phi) is 4.24. The van der Waals surface area contributed by atoms with E-state index in [1.54, 1.807) is 0 Å². The Balaban J connectivity index is 1.74. The van der Waals surface area contributed by atoms with E-state index in [2.05, 4.69) is 23.7 Å². The Labute approximate surface area is 130 Å². The molecule has 0 unspecified atom stereocenters. The topological polar surface area (TPSA) is 50.9 Å². The van der Waals surface area contributed by atoms with Crippen molar-refractivity contribution in [1.82, 2.24) is 4.98 Å². The number of nitrogen functional groups attached to an aromatic ring is 1. The van der Waals surface area contributed by atoms with E-state index in [0.717, 1.165) is 29.0 Å². The molecule has 1 aliphatic rings. The summed E-state index contributed by atoms with van der Waals surface area (Å²) < 4.78 is 0.385. The summed E-state index contributed by atoms with van der Waals surface area (Å²) in [4.78, 5) is 4.69. The standard InChI is InChI=1S/C17H23N3S/c1-21-17(9-3-2-4-10-17)12-19-16-8-5-13-11-14(18)6-7-15(13)20-16/h5-8,11H,2-4,9-10,12,18H2,1H3,(H,19,20). The number of thioether (sulfide) groups is 1. The van der Waals surface area contributed by atoms with Crippen LogP contribution in [0, 0.1) is 0 Å². The van der Waals surface area contributed by atoms with E-state index in [0.29, 0.717) is 4.75 Å². The zero-order chi connectivity index (χ0) is 14.7. The molecule has 1 aliphatic carbocycles. The van der Waals surface area contributed by atoms with Gasteiger partial charge in [0.2, 0.25) is 0 Å². The third-order valence-electron chi connectivity index (χ3n) is 4.50. The second kappa shape index (κ2) is 6.14. The van der Waals surface area contributed by atoms with Crippen LogP contribution < -0.4 is 11.1 Å². The molecule has 112 valence electrons. The Bertz CT molecular complexity index is 620. The SMILES string of the molecule is CSC1(CNc2ccc3cc(N)ccc3n2)CCCCC1. The molecule has 1 heterocycles. The number of aromatic nitrogens is 1. The molecule has 1 aromatic heterocycles. The Morgan fingerprint density at radius 3 is 2.76 bits per heavy atom. The van der Waals surface area contributed by atoms with Crippen LogP contribution in [0.2, 0.25) is 0 Å². The van der Waals surface area contributed by atoms with Gasteiger partial charge in [0.25, 0.3) is 0 Å². The van der Waals surface area contributed by atoms with Gasteiger partial charge < -0.3 is 11.1 Å². The molecule has 3 nitrogen and oxygen atoms in total. The summed E-state index contributed by atoms with van der Waals surface area (Å²) in [6.07, 6.45) is 8.96. The molecule has 0 saturated heterocycles. The molecule has 3 rings (SSSR count). The highest BCUT2D eigenvalue weighted by atomic mass is 32.2. The van der Waals surface area contributed by atoms with E-state index >= 15 is 0 Å². The van der Waals surface area contributed by atoms with Crippen LogP contribution in [0.1, 0.15) is 32.1 Å². The lowest BCUT2D eigenvalue weighted by atomic mass is 9.88. The van der Waals surface area contributed by atoms with E-state index in [9.17, 15) is 0 Å². The second-order valence-electron chi connectivity index (χ2n) is 5.95. The minimum absolute atomic E-state index is 0.385. The van der Waals surface area contributed by atoms with Crippen LogP contribution in [0.4, 0.5) is 11.5 Å². The number of nitrogens with zero attached hydrogens (tertiary/aromatic N) is 1. The second-order valence-corrected chi connectivity index (χ2v) is 7.22. The maximum Gasteiger partial charge on any atom is 0.126 e. The van der Waals surface area contributed by atoms with Crippen molar-refractivity contribution in [3.63, 3.8) is 0 Å². The highest BCUT2D eigenvalue weighted by Gasteiger charge is 2.30. The quantitative estimate of drug-likeness (QED) is 0.827. The first kappa shape index (κ1) is 14.5. The number of nitrogens with two attached hydrogens (primary N) is 1. The van der Waals surface area contributed by atoms with Crippen LogP contribution in [-0.2, 0) is 0 Å². The van der Waals surface area contributed by atoms with Gasteiger partial charge in [-0.2, -0.15) is 11.8 Å². The number of hydrogen-bond donors (Lipinski definition) is 2. The van der Waals surface area contributed by atoms with Crippen molar-refractivity contribution < 1.29 is 0 Å². The van der Waals surface area contributed by atoms with Crippen molar-refractivity contribution in [2.45, 2.75) is 36.9 Å². The third-order valence-corrected chi connectivity index (χ3v) is 5.92. The zero-order valence-electron chi connectivity index (χ0n) is 12.6. The molecular formula is C17H23N3S. The van der Waals surface area contributed by atoms with Crippen molar-refractivity contribution in [2.24, 2.45) is 0 Å². The van der Waals surface area contributed by atoms with Crippen LogP contribution in [0.25, 0.3) is 10.9 Å². The van der Waals surface area contributed by atoms with Gasteiger partial charge in [-0.05, 0) is 49.4 Å². The largest absolute Gasteiger partial charge is 0.399 e. The lowest BCUT2D eigenvalue weighted by molar-refractivity contribution is 0.411. The number of hydrogen-bond acceptors (Lipinski definition) is 4. The minimum atomic E-state index is 0.385. The van der Waals surface area contributed by atoms with Crippen LogP contribution in [0.5, 0.6) is 0 Å². The fourth-order valence-corrected chi connectivity index (χ4v) is 4.06. The predicted octanol–water partition coefficient (Wildman–Crippen LogP) is 4.29. The minimum Gasteiger partial charge on any atom is -0.399 e. The Hall–Kier alpha value is -1.42. The number of anilines is 2. The van der Waals surface area contributed by atoms with Crippen LogP contribution in [-0.4, -0.2) is 22.5 Å². The zero-order valence-corrected chi connectivity index (χ0v) is 13.4. The number of fused-ring (bicyclic) bond motifs is 1. The van der Waals surface area contributed by atoms with E-state index in [1.807, 2.05) is 30.0 Å². The molecule has 0 amide bonds. The molecule has 0 bridgehead atoms. The molecule has 2 aromatic rings. The summed E-state index contributed by atoms with van der Waals surface area (Å²) in [7, 11) is 0. The molecule has 1 aromatic carbocycles. The van der Waals surface area contributed by atoms with Crippen molar-refractivity contribution in [3.05, 3.63) is 30.3 Å². The Morgan fingerprint density at radius 1 is 1.19 bits per heavy atom. The van der Waals surface area contributed by atoms with Crippen molar-refractivity contribution in [2.75, 3.05) is 23.9 Å². The van der Waals surface area contributed by atoms with E-state index in [4.69, 9.17) is 10.7 Å². The molecule has 1 fully saturated rings. The van der Waals surface area contributed by atoms with Gasteiger partial charge >= 0.3 is 0 Å². The van der Waals surface area contributed by atoms with Crippen LogP contribution in [0.15, 0.2) is 30.3 Å². The van der Waals surface area contributed by atoms with Crippen molar-refractivity contribution in [3.8, 4) is 0 Å².